The molecule has 0 unspecified atom stereocenters. The summed E-state index contributed by atoms with van der Waals surface area (Å²) >= 11 is 0. The van der Waals surface area contributed by atoms with Crippen LogP contribution in [0.25, 0.3) is 16.6 Å². The quantitative estimate of drug-likeness (QED) is 0.685. The molecule has 4 nitrogen and oxygen atoms in total. The first kappa shape index (κ1) is 17.1. The van der Waals surface area contributed by atoms with Crippen molar-refractivity contribution in [2.24, 2.45) is 0 Å². The standard InChI is InChI=1S/C21H22N2O2/c1-3-17(24)7-6-10-20-22-19-9-5-4-8-18(19)21(25)23(20)16-13-11-15(2)12-14-16/h4-5,8-9,11-14H,3,6-7,10H2,1-2H3. The first-order valence-corrected chi connectivity index (χ1v) is 8.69. The van der Waals surface area contributed by atoms with Crippen molar-refractivity contribution < 1.29 is 4.79 Å². The van der Waals surface area contributed by atoms with E-state index in [1.165, 1.54) is 0 Å². The lowest BCUT2D eigenvalue weighted by Gasteiger charge is -2.14. The summed E-state index contributed by atoms with van der Waals surface area (Å²) in [5.41, 5.74) is 2.59. The average Bonchev–Trinajstić information content (AvgIpc) is 2.63. The maximum atomic E-state index is 13.0. The molecule has 0 aliphatic carbocycles. The van der Waals surface area contributed by atoms with Crippen LogP contribution >= 0.6 is 0 Å². The van der Waals surface area contributed by atoms with Gasteiger partial charge in [0.1, 0.15) is 11.6 Å². The zero-order chi connectivity index (χ0) is 17.8. The molecule has 0 aliphatic rings. The molecule has 1 aromatic heterocycles. The summed E-state index contributed by atoms with van der Waals surface area (Å²) in [6.07, 6.45) is 2.37. The van der Waals surface area contributed by atoms with Crippen LogP contribution in [0.3, 0.4) is 0 Å². The molecular formula is C21H22N2O2. The van der Waals surface area contributed by atoms with Crippen molar-refractivity contribution in [2.75, 3.05) is 0 Å². The van der Waals surface area contributed by atoms with E-state index >= 15 is 0 Å². The van der Waals surface area contributed by atoms with Crippen molar-refractivity contribution in [3.8, 4) is 5.69 Å². The van der Waals surface area contributed by atoms with Crippen molar-refractivity contribution in [2.45, 2.75) is 39.5 Å². The van der Waals surface area contributed by atoms with E-state index in [1.54, 1.807) is 10.6 Å². The molecule has 0 bridgehead atoms. The third kappa shape index (κ3) is 3.68. The Kier molecular flexibility index (Phi) is 5.08. The Morgan fingerprint density at radius 3 is 2.52 bits per heavy atom. The number of aryl methyl sites for hydroxylation is 2. The first-order chi connectivity index (χ1) is 12.1. The highest BCUT2D eigenvalue weighted by Crippen LogP contribution is 2.15. The molecule has 0 radical (unpaired) electrons. The van der Waals surface area contributed by atoms with Crippen LogP contribution in [0, 0.1) is 6.92 Å². The number of aromatic nitrogens is 2. The van der Waals surface area contributed by atoms with Crippen LogP contribution in [-0.4, -0.2) is 15.3 Å². The Balaban J connectivity index is 2.09. The summed E-state index contributed by atoms with van der Waals surface area (Å²) in [4.78, 5) is 29.3. The highest BCUT2D eigenvalue weighted by Gasteiger charge is 2.13. The number of hydrogen-bond acceptors (Lipinski definition) is 3. The largest absolute Gasteiger partial charge is 0.300 e. The molecule has 1 heterocycles. The molecule has 0 saturated heterocycles. The van der Waals surface area contributed by atoms with E-state index in [9.17, 15) is 9.59 Å². The summed E-state index contributed by atoms with van der Waals surface area (Å²) < 4.78 is 1.68. The molecule has 128 valence electrons. The Morgan fingerprint density at radius 2 is 1.80 bits per heavy atom. The van der Waals surface area contributed by atoms with Gasteiger partial charge in [0.15, 0.2) is 0 Å². The van der Waals surface area contributed by atoms with Crippen molar-refractivity contribution in [3.63, 3.8) is 0 Å². The van der Waals surface area contributed by atoms with Crippen molar-refractivity contribution in [1.29, 1.82) is 0 Å². The van der Waals surface area contributed by atoms with Crippen molar-refractivity contribution in [1.82, 2.24) is 9.55 Å². The van der Waals surface area contributed by atoms with Crippen LogP contribution in [0.4, 0.5) is 0 Å². The SMILES string of the molecule is CCC(=O)CCCc1nc2ccccc2c(=O)n1-c1ccc(C)cc1. The average molecular weight is 334 g/mol. The van der Waals surface area contributed by atoms with Gasteiger partial charge in [-0.25, -0.2) is 4.98 Å². The van der Waals surface area contributed by atoms with E-state index in [-0.39, 0.29) is 11.3 Å². The minimum atomic E-state index is -0.0636. The highest BCUT2D eigenvalue weighted by atomic mass is 16.1. The topological polar surface area (TPSA) is 52.0 Å². The van der Waals surface area contributed by atoms with Crippen LogP contribution in [0.1, 0.15) is 37.6 Å². The number of carbonyl (C=O) groups is 1. The lowest BCUT2D eigenvalue weighted by atomic mass is 10.1. The fourth-order valence-electron chi connectivity index (χ4n) is 2.93. The minimum absolute atomic E-state index is 0.0636. The number of rotatable bonds is 6. The summed E-state index contributed by atoms with van der Waals surface area (Å²) in [6, 6.07) is 15.3. The molecule has 0 aliphatic heterocycles. The predicted octanol–water partition coefficient (Wildman–Crippen LogP) is 4.00. The second-order valence-electron chi connectivity index (χ2n) is 6.27. The third-order valence-corrected chi connectivity index (χ3v) is 4.39. The number of ketones is 1. The number of fused-ring (bicyclic) bond motifs is 1. The smallest absolute Gasteiger partial charge is 0.265 e. The van der Waals surface area contributed by atoms with Gasteiger partial charge in [-0.15, -0.1) is 0 Å². The van der Waals surface area contributed by atoms with Gasteiger partial charge in [-0.1, -0.05) is 36.8 Å². The first-order valence-electron chi connectivity index (χ1n) is 8.69. The van der Waals surface area contributed by atoms with Gasteiger partial charge in [0.2, 0.25) is 0 Å². The molecule has 3 rings (SSSR count). The van der Waals surface area contributed by atoms with Gasteiger partial charge in [0.05, 0.1) is 16.6 Å². The van der Waals surface area contributed by atoms with Gasteiger partial charge >= 0.3 is 0 Å². The number of Topliss-reactive ketones (excluding diaryl/α,β-unsaturated/α-hetero) is 1. The second kappa shape index (κ2) is 7.43. The predicted molar refractivity (Wildman–Crippen MR) is 100 cm³/mol. The van der Waals surface area contributed by atoms with Gasteiger partial charge < -0.3 is 0 Å². The molecule has 2 aromatic carbocycles. The molecule has 0 spiro atoms. The Morgan fingerprint density at radius 1 is 1.08 bits per heavy atom. The summed E-state index contributed by atoms with van der Waals surface area (Å²) in [7, 11) is 0. The summed E-state index contributed by atoms with van der Waals surface area (Å²) in [5.74, 6) is 0.946. The lowest BCUT2D eigenvalue weighted by molar-refractivity contribution is -0.118. The van der Waals surface area contributed by atoms with Gasteiger partial charge in [-0.3, -0.25) is 14.2 Å². The Hall–Kier alpha value is -2.75. The second-order valence-corrected chi connectivity index (χ2v) is 6.27. The van der Waals surface area contributed by atoms with Crippen LogP contribution in [0.2, 0.25) is 0 Å². The Bertz CT molecular complexity index is 956. The van der Waals surface area contributed by atoms with E-state index in [0.29, 0.717) is 42.4 Å². The third-order valence-electron chi connectivity index (χ3n) is 4.39. The maximum Gasteiger partial charge on any atom is 0.265 e. The van der Waals surface area contributed by atoms with Crippen molar-refractivity contribution in [3.05, 3.63) is 70.3 Å². The van der Waals surface area contributed by atoms with E-state index in [1.807, 2.05) is 56.3 Å². The molecule has 0 fully saturated rings. The molecule has 4 heteroatoms. The van der Waals surface area contributed by atoms with Crippen LogP contribution in [-0.2, 0) is 11.2 Å². The van der Waals surface area contributed by atoms with Gasteiger partial charge in [0.25, 0.3) is 5.56 Å². The fraction of sp³-hybridized carbons (Fsp3) is 0.286. The van der Waals surface area contributed by atoms with E-state index in [0.717, 1.165) is 11.3 Å². The molecule has 0 saturated carbocycles. The van der Waals surface area contributed by atoms with E-state index in [4.69, 9.17) is 4.98 Å². The van der Waals surface area contributed by atoms with E-state index in [2.05, 4.69) is 0 Å². The zero-order valence-corrected chi connectivity index (χ0v) is 14.7. The lowest BCUT2D eigenvalue weighted by Crippen LogP contribution is -2.24. The normalized spacial score (nSPS) is 11.0. The molecule has 3 aromatic rings. The highest BCUT2D eigenvalue weighted by molar-refractivity contribution is 5.78. The molecular weight excluding hydrogens is 312 g/mol. The Labute approximate surface area is 147 Å². The number of carbonyl (C=O) groups excluding carboxylic acids is 1. The van der Waals surface area contributed by atoms with Crippen LogP contribution in [0.5, 0.6) is 0 Å². The number of nitrogens with zero attached hydrogens (tertiary/aromatic N) is 2. The van der Waals surface area contributed by atoms with Gasteiger partial charge in [-0.05, 0) is 37.6 Å². The number of para-hydroxylation sites is 1. The monoisotopic (exact) mass is 334 g/mol. The molecule has 0 N–H and O–H groups in total. The fourth-order valence-corrected chi connectivity index (χ4v) is 2.93. The van der Waals surface area contributed by atoms with Crippen LogP contribution < -0.4 is 5.56 Å². The number of benzene rings is 2. The van der Waals surface area contributed by atoms with E-state index < -0.39 is 0 Å². The van der Waals surface area contributed by atoms with Crippen molar-refractivity contribution >= 4 is 16.7 Å². The summed E-state index contributed by atoms with van der Waals surface area (Å²) in [6.45, 7) is 3.89. The van der Waals surface area contributed by atoms with Gasteiger partial charge in [0, 0.05) is 19.3 Å². The maximum absolute atomic E-state index is 13.0. The van der Waals surface area contributed by atoms with Gasteiger partial charge in [-0.2, -0.15) is 0 Å². The molecule has 0 atom stereocenters. The zero-order valence-electron chi connectivity index (χ0n) is 14.7. The number of hydrogen-bond donors (Lipinski definition) is 0. The molecule has 0 amide bonds. The summed E-state index contributed by atoms with van der Waals surface area (Å²) in [5, 5.41) is 0.608. The molecule has 25 heavy (non-hydrogen) atoms. The minimum Gasteiger partial charge on any atom is -0.300 e. The van der Waals surface area contributed by atoms with Crippen LogP contribution in [0.15, 0.2) is 53.3 Å².